The molecule has 0 spiro atoms. The first-order valence-corrected chi connectivity index (χ1v) is 10.8. The third kappa shape index (κ3) is 4.69. The zero-order valence-electron chi connectivity index (χ0n) is 18.6. The smallest absolute Gasteiger partial charge is 0.251 e. The Labute approximate surface area is 187 Å². The average molecular weight is 437 g/mol. The highest BCUT2D eigenvalue weighted by molar-refractivity contribution is 5.56. The van der Waals surface area contributed by atoms with Gasteiger partial charge in [-0.15, -0.1) is 0 Å². The Balaban J connectivity index is 1.41. The first-order valence-electron chi connectivity index (χ1n) is 10.8. The summed E-state index contributed by atoms with van der Waals surface area (Å²) in [5.41, 5.74) is 1.41. The number of aromatic amines is 1. The van der Waals surface area contributed by atoms with Crippen LogP contribution in [0.4, 0.5) is 5.82 Å². The van der Waals surface area contributed by atoms with Crippen molar-refractivity contribution in [1.82, 2.24) is 15.0 Å². The molecule has 1 N–H and O–H groups in total. The molecule has 168 valence electrons. The minimum Gasteiger partial charge on any atom is -0.493 e. The number of anilines is 1. The van der Waals surface area contributed by atoms with Crippen molar-refractivity contribution in [1.29, 1.82) is 0 Å². The van der Waals surface area contributed by atoms with Crippen LogP contribution in [0.5, 0.6) is 17.2 Å². The summed E-state index contributed by atoms with van der Waals surface area (Å²) in [5, 5.41) is 0. The van der Waals surface area contributed by atoms with Gasteiger partial charge in [-0.2, -0.15) is 0 Å². The number of piperidine rings is 1. The van der Waals surface area contributed by atoms with Gasteiger partial charge in [0.1, 0.15) is 17.7 Å². The molecule has 0 aliphatic carbocycles. The molecule has 0 atom stereocenters. The summed E-state index contributed by atoms with van der Waals surface area (Å²) in [6, 6.07) is 11.1. The molecule has 3 heterocycles. The normalized spacial score (nSPS) is 14.3. The van der Waals surface area contributed by atoms with E-state index in [0.717, 1.165) is 43.0 Å². The van der Waals surface area contributed by atoms with E-state index in [4.69, 9.17) is 14.2 Å². The van der Waals surface area contributed by atoms with Crippen LogP contribution in [0, 0.1) is 0 Å². The summed E-state index contributed by atoms with van der Waals surface area (Å²) < 4.78 is 17.1. The predicted octanol–water partition coefficient (Wildman–Crippen LogP) is 3.46. The molecule has 0 bridgehead atoms. The van der Waals surface area contributed by atoms with Crippen molar-refractivity contribution in [2.45, 2.75) is 32.3 Å². The van der Waals surface area contributed by atoms with Crippen molar-refractivity contribution in [2.75, 3.05) is 32.2 Å². The highest BCUT2D eigenvalue weighted by Gasteiger charge is 2.24. The second-order valence-corrected chi connectivity index (χ2v) is 7.64. The fourth-order valence-electron chi connectivity index (χ4n) is 3.84. The van der Waals surface area contributed by atoms with Crippen LogP contribution in [0.1, 0.15) is 25.5 Å². The minimum absolute atomic E-state index is 0.0711. The Kier molecular flexibility index (Phi) is 6.58. The third-order valence-corrected chi connectivity index (χ3v) is 5.61. The van der Waals surface area contributed by atoms with Crippen molar-refractivity contribution in [3.05, 3.63) is 58.6 Å². The Morgan fingerprint density at radius 2 is 1.81 bits per heavy atom. The molecule has 0 unspecified atom stereocenters. The van der Waals surface area contributed by atoms with Crippen LogP contribution in [0.2, 0.25) is 0 Å². The number of para-hydroxylation sites is 1. The molecule has 3 aromatic rings. The summed E-state index contributed by atoms with van der Waals surface area (Å²) in [4.78, 5) is 26.0. The number of benzene rings is 1. The van der Waals surface area contributed by atoms with Crippen LogP contribution in [0.15, 0.2) is 47.4 Å². The fourth-order valence-corrected chi connectivity index (χ4v) is 3.84. The molecule has 1 aliphatic rings. The van der Waals surface area contributed by atoms with Crippen LogP contribution in [-0.4, -0.2) is 48.4 Å². The van der Waals surface area contributed by atoms with Gasteiger partial charge in [0.2, 0.25) is 5.75 Å². The molecule has 1 aliphatic heterocycles. The molecule has 0 amide bonds. The Bertz CT molecular complexity index is 1080. The number of nitrogens with one attached hydrogen (secondary N) is 1. The Morgan fingerprint density at radius 3 is 2.41 bits per heavy atom. The number of aryl methyl sites for hydroxylation is 1. The quantitative estimate of drug-likeness (QED) is 0.607. The van der Waals surface area contributed by atoms with Crippen molar-refractivity contribution in [2.24, 2.45) is 0 Å². The van der Waals surface area contributed by atoms with Crippen molar-refractivity contribution >= 4 is 5.82 Å². The van der Waals surface area contributed by atoms with E-state index in [9.17, 15) is 4.79 Å². The zero-order chi connectivity index (χ0) is 22.5. The number of ether oxygens (including phenoxy) is 3. The molecule has 1 saturated heterocycles. The molecule has 32 heavy (non-hydrogen) atoms. The second-order valence-electron chi connectivity index (χ2n) is 7.64. The summed E-state index contributed by atoms with van der Waals surface area (Å²) in [7, 11) is 3.26. The van der Waals surface area contributed by atoms with Gasteiger partial charge in [0.05, 0.1) is 14.2 Å². The standard InChI is InChI=1S/C24H28N4O4/c1-4-17-14-22(29)27-24(26-17)16-8-9-21(25-15-16)28-12-10-18(11-13-28)32-23-19(30-2)6-5-7-20(23)31-3/h5-9,14-15,18H,4,10-13H2,1-3H3,(H,26,27,29). The highest BCUT2D eigenvalue weighted by Crippen LogP contribution is 2.38. The van der Waals surface area contributed by atoms with Gasteiger partial charge in [0.25, 0.3) is 5.56 Å². The number of hydrogen-bond acceptors (Lipinski definition) is 7. The summed E-state index contributed by atoms with van der Waals surface area (Å²) in [5.74, 6) is 3.43. The summed E-state index contributed by atoms with van der Waals surface area (Å²) in [6.07, 6.45) is 4.26. The molecular weight excluding hydrogens is 408 g/mol. The van der Waals surface area contributed by atoms with Gasteiger partial charge < -0.3 is 24.1 Å². The first-order chi connectivity index (χ1) is 15.6. The minimum atomic E-state index is -0.148. The van der Waals surface area contributed by atoms with Gasteiger partial charge in [0, 0.05) is 49.5 Å². The first kappa shape index (κ1) is 21.7. The molecule has 1 aromatic carbocycles. The van der Waals surface area contributed by atoms with Gasteiger partial charge >= 0.3 is 0 Å². The van der Waals surface area contributed by atoms with Gasteiger partial charge in [-0.05, 0) is 30.7 Å². The number of methoxy groups -OCH3 is 2. The topological polar surface area (TPSA) is 89.6 Å². The molecule has 8 nitrogen and oxygen atoms in total. The maximum absolute atomic E-state index is 11.8. The van der Waals surface area contributed by atoms with Gasteiger partial charge in [0.15, 0.2) is 11.5 Å². The van der Waals surface area contributed by atoms with E-state index in [0.29, 0.717) is 29.5 Å². The van der Waals surface area contributed by atoms with Gasteiger partial charge in [-0.1, -0.05) is 13.0 Å². The van der Waals surface area contributed by atoms with Crippen LogP contribution >= 0.6 is 0 Å². The number of pyridine rings is 1. The fraction of sp³-hybridized carbons (Fsp3) is 0.375. The van der Waals surface area contributed by atoms with Crippen LogP contribution in [0.3, 0.4) is 0 Å². The van der Waals surface area contributed by atoms with Crippen molar-refractivity contribution in [3.8, 4) is 28.6 Å². The van der Waals surface area contributed by atoms with E-state index >= 15 is 0 Å². The van der Waals surface area contributed by atoms with E-state index in [1.165, 1.54) is 6.07 Å². The maximum atomic E-state index is 11.8. The van der Waals surface area contributed by atoms with E-state index in [1.807, 2.05) is 37.3 Å². The van der Waals surface area contributed by atoms with Gasteiger partial charge in [-0.3, -0.25) is 4.79 Å². The Hall–Kier alpha value is -3.55. The third-order valence-electron chi connectivity index (χ3n) is 5.61. The van der Waals surface area contributed by atoms with E-state index in [1.54, 1.807) is 20.4 Å². The van der Waals surface area contributed by atoms with Gasteiger partial charge in [-0.25, -0.2) is 9.97 Å². The monoisotopic (exact) mass is 436 g/mol. The van der Waals surface area contributed by atoms with E-state index in [-0.39, 0.29) is 11.7 Å². The SMILES string of the molecule is CCc1cc(=O)[nH]c(-c2ccc(N3CCC(Oc4c(OC)cccc4OC)CC3)nc2)n1. The van der Waals surface area contributed by atoms with Crippen LogP contribution in [-0.2, 0) is 6.42 Å². The lowest BCUT2D eigenvalue weighted by molar-refractivity contribution is 0.158. The zero-order valence-corrected chi connectivity index (χ0v) is 18.6. The molecule has 0 saturated carbocycles. The molecule has 4 rings (SSSR count). The number of rotatable bonds is 7. The number of nitrogens with zero attached hydrogens (tertiary/aromatic N) is 3. The summed E-state index contributed by atoms with van der Waals surface area (Å²) in [6.45, 7) is 3.63. The van der Waals surface area contributed by atoms with Crippen molar-refractivity contribution in [3.63, 3.8) is 0 Å². The van der Waals surface area contributed by atoms with Crippen LogP contribution in [0.25, 0.3) is 11.4 Å². The Morgan fingerprint density at radius 1 is 1.09 bits per heavy atom. The second kappa shape index (κ2) is 9.72. The number of H-pyrrole nitrogens is 1. The van der Waals surface area contributed by atoms with Crippen molar-refractivity contribution < 1.29 is 14.2 Å². The lowest BCUT2D eigenvalue weighted by atomic mass is 10.1. The number of hydrogen-bond donors (Lipinski definition) is 1. The molecule has 2 aromatic heterocycles. The molecule has 8 heteroatoms. The highest BCUT2D eigenvalue weighted by atomic mass is 16.5. The molecule has 0 radical (unpaired) electrons. The van der Waals surface area contributed by atoms with E-state index in [2.05, 4.69) is 19.9 Å². The average Bonchev–Trinajstić information content (AvgIpc) is 2.84. The number of aromatic nitrogens is 3. The largest absolute Gasteiger partial charge is 0.493 e. The lowest BCUT2D eigenvalue weighted by Crippen LogP contribution is -2.38. The molecule has 1 fully saturated rings. The van der Waals surface area contributed by atoms with E-state index < -0.39 is 0 Å². The summed E-state index contributed by atoms with van der Waals surface area (Å²) >= 11 is 0. The predicted molar refractivity (Wildman–Crippen MR) is 123 cm³/mol. The maximum Gasteiger partial charge on any atom is 0.251 e. The van der Waals surface area contributed by atoms with Crippen LogP contribution < -0.4 is 24.7 Å². The molecular formula is C24H28N4O4. The lowest BCUT2D eigenvalue weighted by Gasteiger charge is -2.33.